The molecule has 0 spiro atoms. The molecule has 0 unspecified atom stereocenters. The minimum atomic E-state index is -4.95. The van der Waals surface area contributed by atoms with Crippen LogP contribution in [-0.4, -0.2) is 17.7 Å². The van der Waals surface area contributed by atoms with E-state index in [2.05, 4.69) is 0 Å². The van der Waals surface area contributed by atoms with Gasteiger partial charge in [-0.25, -0.2) is 0 Å². The lowest BCUT2D eigenvalue weighted by molar-refractivity contribution is -0.166. The first-order valence-electron chi connectivity index (χ1n) is 7.94. The van der Waals surface area contributed by atoms with Crippen molar-refractivity contribution in [2.24, 2.45) is 11.7 Å². The average Bonchev–Trinajstić information content (AvgIpc) is 2.59. The van der Waals surface area contributed by atoms with Crippen molar-refractivity contribution in [1.82, 2.24) is 0 Å². The lowest BCUT2D eigenvalue weighted by Gasteiger charge is -2.20. The summed E-state index contributed by atoms with van der Waals surface area (Å²) in [6.45, 7) is 1.05. The minimum absolute atomic E-state index is 0.0195. The van der Waals surface area contributed by atoms with Gasteiger partial charge in [0.1, 0.15) is 0 Å². The predicted molar refractivity (Wildman–Crippen MR) is 85.2 cm³/mol. The summed E-state index contributed by atoms with van der Waals surface area (Å²) in [4.78, 5) is 23.7. The van der Waals surface area contributed by atoms with Crippen LogP contribution in [0, 0.1) is 5.92 Å². The fourth-order valence-corrected chi connectivity index (χ4v) is 2.97. The maximum Gasteiger partial charge on any atom is 0.454 e. The molecule has 0 amide bonds. The van der Waals surface area contributed by atoms with E-state index in [1.807, 2.05) is 0 Å². The fraction of sp³-hybridized carbons (Fsp3) is 0.444. The normalized spacial score (nSPS) is 17.3. The number of hydrogen-bond acceptors (Lipinski definition) is 3. The summed E-state index contributed by atoms with van der Waals surface area (Å²) >= 11 is 0. The molecule has 3 nitrogen and oxygen atoms in total. The van der Waals surface area contributed by atoms with E-state index in [0.29, 0.717) is 11.1 Å². The van der Waals surface area contributed by atoms with Crippen molar-refractivity contribution in [2.75, 3.05) is 0 Å². The number of ketones is 2. The highest BCUT2D eigenvalue weighted by atomic mass is 19.4. The number of rotatable bonds is 4. The molecule has 0 saturated heterocycles. The van der Waals surface area contributed by atoms with Gasteiger partial charge in [-0.2, -0.15) is 13.2 Å². The summed E-state index contributed by atoms with van der Waals surface area (Å²) in [5, 5.41) is 0. The number of halogens is 3. The third-order valence-electron chi connectivity index (χ3n) is 4.46. The summed E-state index contributed by atoms with van der Waals surface area (Å²) in [5.74, 6) is -1.87. The first-order chi connectivity index (χ1) is 11.2. The summed E-state index contributed by atoms with van der Waals surface area (Å²) in [6, 6.07) is 6.09. The predicted octanol–water partition coefficient (Wildman–Crippen LogP) is 4.27. The first-order valence-corrected chi connectivity index (χ1v) is 7.94. The van der Waals surface area contributed by atoms with E-state index in [9.17, 15) is 22.8 Å². The van der Waals surface area contributed by atoms with Gasteiger partial charge in [0, 0.05) is 22.8 Å². The fourth-order valence-electron chi connectivity index (χ4n) is 2.97. The van der Waals surface area contributed by atoms with E-state index in [1.165, 1.54) is 12.1 Å². The second-order valence-electron chi connectivity index (χ2n) is 6.14. The number of hydrogen-bond donors (Lipinski definition) is 1. The Morgan fingerprint density at radius 1 is 1.00 bits per heavy atom. The molecule has 0 bridgehead atoms. The second-order valence-corrected chi connectivity index (χ2v) is 6.14. The molecule has 24 heavy (non-hydrogen) atoms. The van der Waals surface area contributed by atoms with Crippen LogP contribution in [0.3, 0.4) is 0 Å². The number of benzene rings is 1. The Balaban J connectivity index is 2.19. The summed E-state index contributed by atoms with van der Waals surface area (Å²) in [6.07, 6.45) is 0.0393. The van der Waals surface area contributed by atoms with Crippen LogP contribution in [0.2, 0.25) is 0 Å². The van der Waals surface area contributed by atoms with Crippen LogP contribution in [0.5, 0.6) is 0 Å². The van der Waals surface area contributed by atoms with Crippen molar-refractivity contribution in [2.45, 2.75) is 45.2 Å². The summed E-state index contributed by atoms with van der Waals surface area (Å²) in [5.41, 5.74) is 5.73. The number of carbonyl (C=O) groups is 2. The van der Waals surface area contributed by atoms with Crippen molar-refractivity contribution in [3.8, 4) is 0 Å². The maximum atomic E-state index is 12.5. The minimum Gasteiger partial charge on any atom is -0.398 e. The molecule has 2 rings (SSSR count). The number of nitrogens with two attached hydrogens (primary N) is 1. The maximum absolute atomic E-state index is 12.5. The zero-order valence-electron chi connectivity index (χ0n) is 13.5. The van der Waals surface area contributed by atoms with E-state index >= 15 is 0 Å². The lowest BCUT2D eigenvalue weighted by Crippen LogP contribution is -2.25. The van der Waals surface area contributed by atoms with Crippen LogP contribution >= 0.6 is 0 Å². The van der Waals surface area contributed by atoms with Crippen molar-refractivity contribution in [3.63, 3.8) is 0 Å². The van der Waals surface area contributed by atoms with Gasteiger partial charge in [-0.3, -0.25) is 9.59 Å². The Morgan fingerprint density at radius 3 is 2.00 bits per heavy atom. The largest absolute Gasteiger partial charge is 0.454 e. The molecule has 0 radical (unpaired) electrons. The van der Waals surface area contributed by atoms with Crippen molar-refractivity contribution in [1.29, 1.82) is 0 Å². The molecule has 1 saturated carbocycles. The number of allylic oxidation sites excluding steroid dienone is 1. The Morgan fingerprint density at radius 2 is 1.50 bits per heavy atom. The Labute approximate surface area is 138 Å². The van der Waals surface area contributed by atoms with Gasteiger partial charge < -0.3 is 5.73 Å². The van der Waals surface area contributed by atoms with E-state index in [4.69, 9.17) is 5.73 Å². The van der Waals surface area contributed by atoms with Gasteiger partial charge in [0.05, 0.1) is 0 Å². The monoisotopic (exact) mass is 339 g/mol. The smallest absolute Gasteiger partial charge is 0.398 e. The molecule has 0 atom stereocenters. The zero-order valence-corrected chi connectivity index (χ0v) is 13.5. The molecular weight excluding hydrogens is 319 g/mol. The molecule has 1 aromatic rings. The van der Waals surface area contributed by atoms with Gasteiger partial charge >= 0.3 is 6.18 Å². The van der Waals surface area contributed by atoms with Crippen LogP contribution in [0.15, 0.2) is 29.8 Å². The number of alkyl halides is 3. The van der Waals surface area contributed by atoms with Crippen LogP contribution < -0.4 is 5.73 Å². The van der Waals surface area contributed by atoms with Gasteiger partial charge in [0.15, 0.2) is 5.78 Å². The van der Waals surface area contributed by atoms with Crippen LogP contribution in [0.1, 0.15) is 54.9 Å². The van der Waals surface area contributed by atoms with E-state index in [0.717, 1.165) is 39.0 Å². The molecule has 1 aromatic carbocycles. The highest BCUT2D eigenvalue weighted by Gasteiger charge is 2.40. The Hall–Kier alpha value is -2.11. The molecule has 1 aliphatic carbocycles. The van der Waals surface area contributed by atoms with Crippen LogP contribution in [0.25, 0.3) is 5.70 Å². The highest BCUT2D eigenvalue weighted by molar-refractivity contribution is 6.05. The molecule has 6 heteroatoms. The standard InChI is InChI=1S/C18H20F3NO2/c1-11(17(24)18(19,20)21)15(22)12-7-9-14(10-8-12)16(23)13-5-3-2-4-6-13/h7-10,13H,2-6,22H2,1H3. The third-order valence-corrected chi connectivity index (χ3v) is 4.46. The Kier molecular flexibility index (Phi) is 5.47. The van der Waals surface area contributed by atoms with Crippen molar-refractivity contribution in [3.05, 3.63) is 41.0 Å². The van der Waals surface area contributed by atoms with Gasteiger partial charge in [-0.05, 0) is 25.3 Å². The average molecular weight is 339 g/mol. The Bertz CT molecular complexity index is 654. The molecule has 1 aliphatic rings. The van der Waals surface area contributed by atoms with E-state index in [1.54, 1.807) is 12.1 Å². The topological polar surface area (TPSA) is 60.2 Å². The second kappa shape index (κ2) is 7.20. The molecule has 0 aromatic heterocycles. The molecule has 2 N–H and O–H groups in total. The van der Waals surface area contributed by atoms with Crippen molar-refractivity contribution < 1.29 is 22.8 Å². The lowest BCUT2D eigenvalue weighted by atomic mass is 9.83. The van der Waals surface area contributed by atoms with Gasteiger partial charge in [0.2, 0.25) is 0 Å². The molecule has 0 aliphatic heterocycles. The highest BCUT2D eigenvalue weighted by Crippen LogP contribution is 2.28. The number of Topliss-reactive ketones (excluding diaryl/α,β-unsaturated/α-hetero) is 2. The SMILES string of the molecule is CC(C(=O)C(F)(F)F)=C(N)c1ccc(C(=O)C2CCCCC2)cc1. The first kappa shape index (κ1) is 18.2. The summed E-state index contributed by atoms with van der Waals surface area (Å²) < 4.78 is 37.4. The molecular formula is C18H20F3NO2. The zero-order chi connectivity index (χ0) is 17.9. The molecule has 0 heterocycles. The van der Waals surface area contributed by atoms with E-state index < -0.39 is 17.5 Å². The van der Waals surface area contributed by atoms with Crippen LogP contribution in [0.4, 0.5) is 13.2 Å². The molecule has 130 valence electrons. The van der Waals surface area contributed by atoms with E-state index in [-0.39, 0.29) is 17.4 Å². The van der Waals surface area contributed by atoms with Crippen LogP contribution in [-0.2, 0) is 4.79 Å². The van der Waals surface area contributed by atoms with Crippen molar-refractivity contribution >= 4 is 17.3 Å². The van der Waals surface area contributed by atoms with Gasteiger partial charge in [-0.15, -0.1) is 0 Å². The number of carbonyl (C=O) groups excluding carboxylic acids is 2. The molecule has 1 fully saturated rings. The van der Waals surface area contributed by atoms with Gasteiger partial charge in [0.25, 0.3) is 5.78 Å². The third kappa shape index (κ3) is 4.04. The quantitative estimate of drug-likeness (QED) is 0.658. The van der Waals surface area contributed by atoms with Gasteiger partial charge in [-0.1, -0.05) is 43.5 Å². The summed E-state index contributed by atoms with van der Waals surface area (Å²) in [7, 11) is 0.